The van der Waals surface area contributed by atoms with Crippen molar-refractivity contribution in [1.82, 2.24) is 14.8 Å². The fourth-order valence-electron chi connectivity index (χ4n) is 2.85. The fraction of sp³-hybridized carbons (Fsp3) is 0.176. The summed E-state index contributed by atoms with van der Waals surface area (Å²) in [5.41, 5.74) is 1.12. The zero-order valence-electron chi connectivity index (χ0n) is 12.0. The van der Waals surface area contributed by atoms with E-state index in [1.54, 1.807) is 16.8 Å². The monoisotopic (exact) mass is 328 g/mol. The molecule has 1 aliphatic rings. The molecular formula is C17H12ClFN3O. The number of rotatable bonds is 4. The second-order valence-electron chi connectivity index (χ2n) is 5.43. The number of aromatic nitrogens is 3. The van der Waals surface area contributed by atoms with Crippen LogP contribution in [-0.4, -0.2) is 14.8 Å². The van der Waals surface area contributed by atoms with Crippen LogP contribution in [0.25, 0.3) is 0 Å². The molecule has 1 aromatic heterocycles. The van der Waals surface area contributed by atoms with Gasteiger partial charge < -0.3 is 4.74 Å². The van der Waals surface area contributed by atoms with Gasteiger partial charge in [-0.2, -0.15) is 5.10 Å². The van der Waals surface area contributed by atoms with Crippen LogP contribution in [0.3, 0.4) is 0 Å². The lowest BCUT2D eigenvalue weighted by molar-refractivity contribution is 0.262. The topological polar surface area (TPSA) is 43.2 Å². The molecule has 0 amide bonds. The summed E-state index contributed by atoms with van der Waals surface area (Å²) in [6.45, 7) is 0.425. The molecule has 0 N–H and O–H groups in total. The van der Waals surface area contributed by atoms with Gasteiger partial charge in [-0.15, -0.1) is 0 Å². The van der Waals surface area contributed by atoms with Crippen LogP contribution >= 0.6 is 11.6 Å². The van der Waals surface area contributed by atoms with Crippen molar-refractivity contribution in [3.05, 3.63) is 83.2 Å². The van der Waals surface area contributed by atoms with E-state index in [9.17, 15) is 4.39 Å². The summed E-state index contributed by atoms with van der Waals surface area (Å²) < 4.78 is 20.9. The number of benzene rings is 2. The Morgan fingerprint density at radius 1 is 1.22 bits per heavy atom. The molecule has 1 fully saturated rings. The number of epoxide rings is 1. The minimum Gasteiger partial charge on any atom is -0.354 e. The fourth-order valence-corrected chi connectivity index (χ4v) is 3.08. The molecule has 0 spiro atoms. The Kier molecular flexibility index (Phi) is 3.39. The van der Waals surface area contributed by atoms with Crippen molar-refractivity contribution in [3.63, 3.8) is 0 Å². The van der Waals surface area contributed by atoms with E-state index in [0.29, 0.717) is 11.6 Å². The maximum absolute atomic E-state index is 13.3. The van der Waals surface area contributed by atoms with Gasteiger partial charge in [0.05, 0.1) is 6.54 Å². The molecule has 2 aromatic carbocycles. The van der Waals surface area contributed by atoms with Crippen molar-refractivity contribution >= 4 is 11.6 Å². The van der Waals surface area contributed by atoms with Gasteiger partial charge in [0.25, 0.3) is 0 Å². The molecule has 2 unspecified atom stereocenters. The molecule has 0 bridgehead atoms. The van der Waals surface area contributed by atoms with Gasteiger partial charge in [-0.3, -0.25) is 0 Å². The van der Waals surface area contributed by atoms with E-state index in [1.807, 2.05) is 24.3 Å². The van der Waals surface area contributed by atoms with Crippen LogP contribution in [0.2, 0.25) is 5.02 Å². The highest BCUT2D eigenvalue weighted by Gasteiger charge is 2.59. The predicted octanol–water partition coefficient (Wildman–Crippen LogP) is 3.54. The van der Waals surface area contributed by atoms with E-state index >= 15 is 0 Å². The molecule has 0 saturated carbocycles. The molecule has 115 valence electrons. The van der Waals surface area contributed by atoms with Crippen molar-refractivity contribution in [2.45, 2.75) is 18.2 Å². The third-order valence-electron chi connectivity index (χ3n) is 4.02. The zero-order valence-corrected chi connectivity index (χ0v) is 12.7. The van der Waals surface area contributed by atoms with Crippen LogP contribution in [0, 0.1) is 12.1 Å². The molecule has 6 heteroatoms. The van der Waals surface area contributed by atoms with Gasteiger partial charge in [0.2, 0.25) is 0 Å². The number of nitrogens with zero attached hydrogens (tertiary/aromatic N) is 3. The van der Waals surface area contributed by atoms with Gasteiger partial charge in [0.1, 0.15) is 23.8 Å². The van der Waals surface area contributed by atoms with E-state index in [4.69, 9.17) is 16.3 Å². The Balaban J connectivity index is 1.74. The smallest absolute Gasteiger partial charge is 0.196 e. The molecule has 0 aliphatic carbocycles. The van der Waals surface area contributed by atoms with Gasteiger partial charge in [0.15, 0.2) is 6.33 Å². The van der Waals surface area contributed by atoms with Crippen molar-refractivity contribution < 1.29 is 9.13 Å². The van der Waals surface area contributed by atoms with Gasteiger partial charge >= 0.3 is 0 Å². The quantitative estimate of drug-likeness (QED) is 0.688. The lowest BCUT2D eigenvalue weighted by Crippen LogP contribution is -2.19. The number of hydrogen-bond acceptors (Lipinski definition) is 3. The molecule has 1 aliphatic heterocycles. The number of hydrogen-bond donors (Lipinski definition) is 0. The standard InChI is InChI=1S/C17H12ClFN3O/c18-15-4-2-1-3-14(15)16-17(23-16,9-22-11-20-10-21-22)12-5-7-13(19)8-6-12/h1-8,10,16H,9H2. The van der Waals surface area contributed by atoms with Gasteiger partial charge in [-0.25, -0.2) is 14.1 Å². The second kappa shape index (κ2) is 5.44. The molecule has 4 nitrogen and oxygen atoms in total. The van der Waals surface area contributed by atoms with Crippen molar-refractivity contribution in [1.29, 1.82) is 0 Å². The van der Waals surface area contributed by atoms with E-state index in [0.717, 1.165) is 11.1 Å². The Hall–Kier alpha value is -2.24. The molecule has 4 rings (SSSR count). The van der Waals surface area contributed by atoms with E-state index in [-0.39, 0.29) is 11.9 Å². The minimum absolute atomic E-state index is 0.223. The molecule has 2 atom stereocenters. The molecule has 2 heterocycles. The summed E-state index contributed by atoms with van der Waals surface area (Å²) in [5, 5.41) is 4.74. The first-order chi connectivity index (χ1) is 11.2. The third kappa shape index (κ3) is 2.52. The Labute approximate surface area is 137 Å². The van der Waals surface area contributed by atoms with Crippen LogP contribution in [0.4, 0.5) is 4.39 Å². The zero-order chi connectivity index (χ0) is 15.9. The number of halogens is 2. The number of ether oxygens (including phenoxy) is 1. The molecule has 23 heavy (non-hydrogen) atoms. The van der Waals surface area contributed by atoms with E-state index in [1.165, 1.54) is 18.5 Å². The van der Waals surface area contributed by atoms with Gasteiger partial charge in [-0.1, -0.05) is 41.9 Å². The maximum Gasteiger partial charge on any atom is 0.196 e. The van der Waals surface area contributed by atoms with Crippen LogP contribution in [-0.2, 0) is 16.9 Å². The SMILES string of the molecule is Fc1ccc(C2(Cn3[c]ncn3)OC2c2ccccc2Cl)cc1. The molecule has 3 aromatic rings. The second-order valence-corrected chi connectivity index (χ2v) is 5.84. The maximum atomic E-state index is 13.3. The average Bonchev–Trinajstić information content (AvgIpc) is 3.02. The summed E-state index contributed by atoms with van der Waals surface area (Å²) in [6, 6.07) is 13.9. The highest BCUT2D eigenvalue weighted by molar-refractivity contribution is 6.31. The summed E-state index contributed by atoms with van der Waals surface area (Å²) in [6.07, 6.45) is 3.97. The first-order valence-corrected chi connectivity index (χ1v) is 7.51. The van der Waals surface area contributed by atoms with E-state index < -0.39 is 5.60 Å². The highest BCUT2D eigenvalue weighted by atomic mass is 35.5. The van der Waals surface area contributed by atoms with Crippen LogP contribution < -0.4 is 0 Å². The van der Waals surface area contributed by atoms with Crippen molar-refractivity contribution in [3.8, 4) is 0 Å². The molecule has 1 radical (unpaired) electrons. The average molecular weight is 329 g/mol. The lowest BCUT2D eigenvalue weighted by Gasteiger charge is -2.14. The predicted molar refractivity (Wildman–Crippen MR) is 82.2 cm³/mol. The molecular weight excluding hydrogens is 317 g/mol. The largest absolute Gasteiger partial charge is 0.354 e. The van der Waals surface area contributed by atoms with Crippen LogP contribution in [0.15, 0.2) is 54.9 Å². The minimum atomic E-state index is -0.650. The summed E-state index contributed by atoms with van der Waals surface area (Å²) in [4.78, 5) is 3.84. The lowest BCUT2D eigenvalue weighted by atomic mass is 9.91. The highest BCUT2D eigenvalue weighted by Crippen LogP contribution is 2.59. The summed E-state index contributed by atoms with van der Waals surface area (Å²) in [7, 11) is 0. The van der Waals surface area contributed by atoms with Crippen LogP contribution in [0.5, 0.6) is 0 Å². The van der Waals surface area contributed by atoms with Crippen LogP contribution in [0.1, 0.15) is 17.2 Å². The Morgan fingerprint density at radius 2 is 2.00 bits per heavy atom. The third-order valence-corrected chi connectivity index (χ3v) is 4.37. The summed E-state index contributed by atoms with van der Waals surface area (Å²) >= 11 is 6.30. The van der Waals surface area contributed by atoms with Crippen molar-refractivity contribution in [2.24, 2.45) is 0 Å². The summed E-state index contributed by atoms with van der Waals surface area (Å²) in [5.74, 6) is -0.286. The first kappa shape index (κ1) is 14.4. The van der Waals surface area contributed by atoms with Crippen molar-refractivity contribution in [2.75, 3.05) is 0 Å². The Morgan fingerprint density at radius 3 is 2.70 bits per heavy atom. The first-order valence-electron chi connectivity index (χ1n) is 7.13. The van der Waals surface area contributed by atoms with E-state index in [2.05, 4.69) is 16.4 Å². The van der Waals surface area contributed by atoms with Gasteiger partial charge in [0, 0.05) is 10.6 Å². The normalized spacial score (nSPS) is 23.0. The van der Waals surface area contributed by atoms with Gasteiger partial charge in [-0.05, 0) is 23.8 Å². The Bertz CT molecular complexity index is 822. The molecule has 1 saturated heterocycles.